The number of nitrogens with zero attached hydrogens (tertiary/aromatic N) is 2. The van der Waals surface area contributed by atoms with E-state index < -0.39 is 23.4 Å². The Balaban J connectivity index is 1.46. The maximum atomic E-state index is 13.1. The lowest BCUT2D eigenvalue weighted by atomic mass is 9.68. The molecule has 2 aromatic rings. The van der Waals surface area contributed by atoms with E-state index in [4.69, 9.17) is 0 Å². The van der Waals surface area contributed by atoms with Crippen LogP contribution in [0.4, 0.5) is 13.2 Å². The molecule has 0 aromatic heterocycles. The Kier molecular flexibility index (Phi) is 9.85. The second-order valence-corrected chi connectivity index (χ2v) is 11.7. The fraction of sp³-hybridized carbons (Fsp3) is 0.500. The fourth-order valence-electron chi connectivity index (χ4n) is 5.75. The zero-order chi connectivity index (χ0) is 30.5. The number of aliphatic hydroxyl groups is 1. The number of carbonyl (C=O) groups is 1. The second-order valence-electron chi connectivity index (χ2n) is 11.7. The third kappa shape index (κ3) is 8.26. The molecule has 4 rings (SSSR count). The number of rotatable bonds is 11. The van der Waals surface area contributed by atoms with E-state index in [-0.39, 0.29) is 34.9 Å². The lowest BCUT2D eigenvalue weighted by molar-refractivity contribution is -0.137. The monoisotopic (exact) mass is 585 g/mol. The predicted molar refractivity (Wildman–Crippen MR) is 152 cm³/mol. The molecule has 0 spiro atoms. The van der Waals surface area contributed by atoms with Gasteiger partial charge in [0.05, 0.1) is 23.3 Å². The fourth-order valence-corrected chi connectivity index (χ4v) is 5.75. The lowest BCUT2D eigenvalue weighted by Crippen LogP contribution is -2.51. The van der Waals surface area contributed by atoms with Crippen LogP contribution < -0.4 is 5.32 Å². The molecular weight excluding hydrogens is 547 g/mol. The number of likely N-dealkylation sites (N-methyl/N-ethyl adjacent to an activating group) is 1. The highest BCUT2D eigenvalue weighted by Gasteiger charge is 2.44. The molecule has 7 nitrogen and oxygen atoms in total. The maximum Gasteiger partial charge on any atom is 0.416 e. The van der Waals surface area contributed by atoms with Crippen LogP contribution in [0.2, 0.25) is 0 Å². The largest absolute Gasteiger partial charge is 0.504 e. The number of alkyl halides is 3. The second kappa shape index (κ2) is 13.2. The summed E-state index contributed by atoms with van der Waals surface area (Å²) >= 11 is 0. The normalized spacial score (nSPS) is 23.4. The Morgan fingerprint density at radius 2 is 1.95 bits per heavy atom. The quantitative estimate of drug-likeness (QED) is 0.207. The number of aryl methyl sites for hydroxylation is 1. The molecule has 1 amide bonds. The first-order valence-corrected chi connectivity index (χ1v) is 14.4. The standard InChI is InChI=1S/C32H38F3N3O4/c1-38(30(41)10-8-21-3-2-4-24(15-21)32(33,34)35)27-12-14-31(42,13-11-22-7-9-28(39)29(40)16-22)25(18-27)17-26(19-36)37-20-23-5-6-23/h2-4,7-10,15-16,23,25-27,37,39-40,42H,5-6,11-14,17-18,20H2,1H3/b10-8+. The van der Waals surface area contributed by atoms with E-state index in [9.17, 15) is 38.5 Å². The van der Waals surface area contributed by atoms with Gasteiger partial charge in [-0.25, -0.2) is 0 Å². The summed E-state index contributed by atoms with van der Waals surface area (Å²) in [7, 11) is 1.65. The molecule has 0 saturated heterocycles. The number of amides is 1. The Morgan fingerprint density at radius 1 is 1.19 bits per heavy atom. The third-order valence-corrected chi connectivity index (χ3v) is 8.67. The molecule has 0 bridgehead atoms. The first-order chi connectivity index (χ1) is 19.9. The molecule has 4 unspecified atom stereocenters. The van der Waals surface area contributed by atoms with Gasteiger partial charge in [0.1, 0.15) is 0 Å². The van der Waals surface area contributed by atoms with Crippen LogP contribution >= 0.6 is 0 Å². The molecule has 2 saturated carbocycles. The first kappa shape index (κ1) is 31.4. The molecule has 10 heteroatoms. The highest BCUT2D eigenvalue weighted by atomic mass is 19.4. The Labute approximate surface area is 244 Å². The van der Waals surface area contributed by atoms with Crippen molar-refractivity contribution in [3.05, 3.63) is 65.2 Å². The molecule has 0 radical (unpaired) electrons. The van der Waals surface area contributed by atoms with Gasteiger partial charge in [-0.1, -0.05) is 18.2 Å². The van der Waals surface area contributed by atoms with Gasteiger partial charge in [0.15, 0.2) is 11.5 Å². The van der Waals surface area contributed by atoms with E-state index in [0.29, 0.717) is 44.4 Å². The minimum Gasteiger partial charge on any atom is -0.504 e. The van der Waals surface area contributed by atoms with Gasteiger partial charge in [-0.15, -0.1) is 0 Å². The molecule has 0 aliphatic heterocycles. The van der Waals surface area contributed by atoms with Gasteiger partial charge >= 0.3 is 6.18 Å². The molecule has 4 atom stereocenters. The number of phenolic OH excluding ortho intramolecular Hbond substituents is 2. The average molecular weight is 586 g/mol. The maximum absolute atomic E-state index is 13.1. The Morgan fingerprint density at radius 3 is 2.62 bits per heavy atom. The highest BCUT2D eigenvalue weighted by Crippen LogP contribution is 2.42. The number of aromatic hydroxyl groups is 2. The Hall–Kier alpha value is -3.55. The highest BCUT2D eigenvalue weighted by molar-refractivity contribution is 5.91. The van der Waals surface area contributed by atoms with Crippen LogP contribution in [0.15, 0.2) is 48.5 Å². The van der Waals surface area contributed by atoms with E-state index in [1.54, 1.807) is 18.0 Å². The van der Waals surface area contributed by atoms with Crippen molar-refractivity contribution in [1.29, 1.82) is 5.26 Å². The number of hydrogen-bond donors (Lipinski definition) is 4. The molecule has 2 aliphatic carbocycles. The van der Waals surface area contributed by atoms with Crippen LogP contribution in [-0.2, 0) is 17.4 Å². The summed E-state index contributed by atoms with van der Waals surface area (Å²) in [4.78, 5) is 14.6. The van der Waals surface area contributed by atoms with Crippen molar-refractivity contribution < 1.29 is 33.3 Å². The zero-order valence-corrected chi connectivity index (χ0v) is 23.6. The van der Waals surface area contributed by atoms with Crippen LogP contribution in [0.3, 0.4) is 0 Å². The van der Waals surface area contributed by atoms with Gasteiger partial charge in [0.2, 0.25) is 5.91 Å². The number of nitrogens with one attached hydrogen (secondary N) is 1. The van der Waals surface area contributed by atoms with E-state index in [1.165, 1.54) is 36.4 Å². The van der Waals surface area contributed by atoms with Gasteiger partial charge in [-0.05, 0) is 111 Å². The summed E-state index contributed by atoms with van der Waals surface area (Å²) in [5.74, 6) is -0.532. The first-order valence-electron chi connectivity index (χ1n) is 14.4. The molecular formula is C32H38F3N3O4. The SMILES string of the molecule is CN(C(=O)/C=C/c1cccc(C(F)(F)F)c1)C1CCC(O)(CCc2ccc(O)c(O)c2)C(CC(C#N)NCC2CC2)C1. The summed E-state index contributed by atoms with van der Waals surface area (Å²) in [6.45, 7) is 0.748. The van der Waals surface area contributed by atoms with Gasteiger partial charge < -0.3 is 25.5 Å². The van der Waals surface area contributed by atoms with Gasteiger partial charge in [-0.2, -0.15) is 18.4 Å². The average Bonchev–Trinajstić information content (AvgIpc) is 3.79. The molecule has 226 valence electrons. The summed E-state index contributed by atoms with van der Waals surface area (Å²) in [5.41, 5.74) is -0.876. The predicted octanol–water partition coefficient (Wildman–Crippen LogP) is 5.40. The van der Waals surface area contributed by atoms with E-state index in [2.05, 4.69) is 11.4 Å². The van der Waals surface area contributed by atoms with Crippen molar-refractivity contribution in [2.75, 3.05) is 13.6 Å². The number of nitriles is 1. The van der Waals surface area contributed by atoms with Crippen LogP contribution in [-0.4, -0.2) is 57.4 Å². The summed E-state index contributed by atoms with van der Waals surface area (Å²) in [5, 5.41) is 44.5. The van der Waals surface area contributed by atoms with Crippen molar-refractivity contribution >= 4 is 12.0 Å². The van der Waals surface area contributed by atoms with Crippen molar-refractivity contribution in [2.24, 2.45) is 11.8 Å². The topological polar surface area (TPSA) is 117 Å². The number of benzene rings is 2. The molecule has 2 fully saturated rings. The molecule has 2 aliphatic rings. The summed E-state index contributed by atoms with van der Waals surface area (Å²) in [6.07, 6.45) is 3.03. The van der Waals surface area contributed by atoms with E-state index in [0.717, 1.165) is 37.1 Å². The number of carbonyl (C=O) groups excluding carboxylic acids is 1. The lowest BCUT2D eigenvalue weighted by Gasteiger charge is -2.46. The number of halogens is 3. The molecule has 4 N–H and O–H groups in total. The van der Waals surface area contributed by atoms with E-state index in [1.807, 2.05) is 0 Å². The smallest absolute Gasteiger partial charge is 0.416 e. The van der Waals surface area contributed by atoms with Crippen molar-refractivity contribution in [2.45, 2.75) is 75.2 Å². The summed E-state index contributed by atoms with van der Waals surface area (Å²) in [6, 6.07) is 11.0. The number of phenols is 2. The Bertz CT molecular complexity index is 1320. The number of hydrogen-bond acceptors (Lipinski definition) is 6. The van der Waals surface area contributed by atoms with Crippen molar-refractivity contribution in [1.82, 2.24) is 10.2 Å². The third-order valence-electron chi connectivity index (χ3n) is 8.67. The van der Waals surface area contributed by atoms with Crippen LogP contribution in [0.25, 0.3) is 6.08 Å². The minimum atomic E-state index is -4.48. The molecule has 2 aromatic carbocycles. The van der Waals surface area contributed by atoms with Crippen molar-refractivity contribution in [3.8, 4) is 17.6 Å². The van der Waals surface area contributed by atoms with Gasteiger partial charge in [-0.3, -0.25) is 4.79 Å². The van der Waals surface area contributed by atoms with Crippen LogP contribution in [0, 0.1) is 23.2 Å². The minimum absolute atomic E-state index is 0.218. The van der Waals surface area contributed by atoms with Crippen molar-refractivity contribution in [3.63, 3.8) is 0 Å². The van der Waals surface area contributed by atoms with Crippen LogP contribution in [0.1, 0.15) is 61.6 Å². The summed E-state index contributed by atoms with van der Waals surface area (Å²) < 4.78 is 39.2. The van der Waals surface area contributed by atoms with Gasteiger partial charge in [0, 0.05) is 19.2 Å². The van der Waals surface area contributed by atoms with Crippen LogP contribution in [0.5, 0.6) is 11.5 Å². The molecule has 42 heavy (non-hydrogen) atoms. The molecule has 0 heterocycles. The van der Waals surface area contributed by atoms with Gasteiger partial charge in [0.25, 0.3) is 0 Å². The van der Waals surface area contributed by atoms with E-state index >= 15 is 0 Å². The zero-order valence-electron chi connectivity index (χ0n) is 23.6.